The van der Waals surface area contributed by atoms with Crippen LogP contribution in [0, 0.1) is 17.3 Å². The van der Waals surface area contributed by atoms with Crippen LogP contribution in [0.2, 0.25) is 0 Å². The Bertz CT molecular complexity index is 1180. The number of allylic oxidation sites excluding steroid dienone is 4. The van der Waals surface area contributed by atoms with Gasteiger partial charge in [-0.2, -0.15) is 0 Å². The SMILES string of the molecule is CCNC(=O)O/N=C/c1ccc([C@H]2C[C@@]3(C)C(CCC[C@]3(COC)OC)C3CCC4=CC(=O)CCC4=C32)cc1. The number of carbonyl (C=O) groups excluding carboxylic acids is 2. The molecule has 2 fully saturated rings. The van der Waals surface area contributed by atoms with Gasteiger partial charge in [-0.1, -0.05) is 48.3 Å². The highest BCUT2D eigenvalue weighted by Crippen LogP contribution is 2.66. The zero-order valence-electron chi connectivity index (χ0n) is 23.8. The van der Waals surface area contributed by atoms with Gasteiger partial charge in [0, 0.05) is 38.5 Å². The van der Waals surface area contributed by atoms with Crippen LogP contribution in [0.3, 0.4) is 0 Å². The smallest absolute Gasteiger partial charge is 0.382 e. The molecule has 0 radical (unpaired) electrons. The third kappa shape index (κ3) is 5.00. The van der Waals surface area contributed by atoms with E-state index in [4.69, 9.17) is 14.3 Å². The molecule has 4 aliphatic carbocycles. The summed E-state index contributed by atoms with van der Waals surface area (Å²) in [6.45, 7) is 5.36. The van der Waals surface area contributed by atoms with Gasteiger partial charge < -0.3 is 14.8 Å². The van der Waals surface area contributed by atoms with Gasteiger partial charge in [-0.15, -0.1) is 0 Å². The van der Waals surface area contributed by atoms with Crippen LogP contribution in [0.1, 0.15) is 82.3 Å². The van der Waals surface area contributed by atoms with Crippen molar-refractivity contribution in [3.63, 3.8) is 0 Å². The molecule has 2 saturated carbocycles. The number of hydrogen-bond acceptors (Lipinski definition) is 6. The summed E-state index contributed by atoms with van der Waals surface area (Å²) >= 11 is 0. The van der Waals surface area contributed by atoms with E-state index >= 15 is 0 Å². The van der Waals surface area contributed by atoms with Crippen LogP contribution in [-0.4, -0.2) is 51.1 Å². The van der Waals surface area contributed by atoms with Crippen molar-refractivity contribution in [1.82, 2.24) is 5.32 Å². The average molecular weight is 535 g/mol. The van der Waals surface area contributed by atoms with E-state index in [2.05, 4.69) is 29.5 Å². The summed E-state index contributed by atoms with van der Waals surface area (Å²) in [7, 11) is 3.65. The maximum absolute atomic E-state index is 12.3. The molecule has 7 heteroatoms. The van der Waals surface area contributed by atoms with E-state index in [0.717, 1.165) is 44.1 Å². The Kier molecular flexibility index (Phi) is 8.11. The Morgan fingerprint density at radius 1 is 1.15 bits per heavy atom. The lowest BCUT2D eigenvalue weighted by Crippen LogP contribution is -2.61. The number of ether oxygens (including phenoxy) is 2. The topological polar surface area (TPSA) is 86.2 Å². The van der Waals surface area contributed by atoms with Gasteiger partial charge >= 0.3 is 6.09 Å². The van der Waals surface area contributed by atoms with Gasteiger partial charge in [-0.3, -0.25) is 9.63 Å². The van der Waals surface area contributed by atoms with Gasteiger partial charge in [0.1, 0.15) is 0 Å². The highest BCUT2D eigenvalue weighted by Gasteiger charge is 2.61. The minimum absolute atomic E-state index is 0.0400. The second-order valence-corrected chi connectivity index (χ2v) is 11.8. The van der Waals surface area contributed by atoms with Gasteiger partial charge in [0.05, 0.1) is 18.4 Å². The van der Waals surface area contributed by atoms with E-state index in [1.54, 1.807) is 18.9 Å². The highest BCUT2D eigenvalue weighted by molar-refractivity contribution is 5.93. The molecule has 1 N–H and O–H groups in total. The zero-order valence-corrected chi connectivity index (χ0v) is 23.8. The van der Waals surface area contributed by atoms with Crippen molar-refractivity contribution >= 4 is 18.1 Å². The van der Waals surface area contributed by atoms with E-state index < -0.39 is 6.09 Å². The first-order valence-electron chi connectivity index (χ1n) is 14.4. The van der Waals surface area contributed by atoms with Crippen molar-refractivity contribution in [2.24, 2.45) is 22.4 Å². The maximum Gasteiger partial charge on any atom is 0.433 e. The molecule has 2 unspecified atom stereocenters. The summed E-state index contributed by atoms with van der Waals surface area (Å²) < 4.78 is 12.2. The number of amides is 1. The maximum atomic E-state index is 12.3. The van der Waals surface area contributed by atoms with Crippen LogP contribution in [0.5, 0.6) is 0 Å². The number of rotatable bonds is 7. The summed E-state index contributed by atoms with van der Waals surface area (Å²) in [4.78, 5) is 28.7. The monoisotopic (exact) mass is 534 g/mol. The molecule has 7 nitrogen and oxygen atoms in total. The zero-order chi connectivity index (χ0) is 27.6. The third-order valence-corrected chi connectivity index (χ3v) is 10.0. The Labute approximate surface area is 232 Å². The number of ketones is 1. The van der Waals surface area contributed by atoms with Crippen molar-refractivity contribution < 1.29 is 23.9 Å². The molecule has 4 aliphatic rings. The first-order valence-corrected chi connectivity index (χ1v) is 14.4. The predicted molar refractivity (Wildman–Crippen MR) is 151 cm³/mol. The summed E-state index contributed by atoms with van der Waals surface area (Å²) in [5.74, 6) is 1.51. The molecular weight excluding hydrogens is 492 g/mol. The number of benzene rings is 1. The molecule has 210 valence electrons. The molecule has 0 aliphatic heterocycles. The molecular formula is C32H42N2O5. The normalized spacial score (nSPS) is 32.3. The standard InChI is InChI=1S/C32H42N2O5/c1-5-33-30(36)39-34-19-21-8-10-22(11-9-21)27-18-31(2)28(7-6-16-32(31,38-4)20-37-3)26-14-12-23-17-24(35)13-15-25(23)29(26)27/h8-11,17,19,26-28H,5-7,12-16,18,20H2,1-4H3,(H,33,36)/b34-19+/t26?,27-,28?,31+,32-/m1/s1. The lowest BCUT2D eigenvalue weighted by Gasteiger charge is -2.62. The molecule has 0 bridgehead atoms. The Morgan fingerprint density at radius 2 is 1.95 bits per heavy atom. The Balaban J connectivity index is 1.54. The molecule has 1 aromatic rings. The second kappa shape index (κ2) is 11.4. The van der Waals surface area contributed by atoms with Crippen LogP contribution in [0.25, 0.3) is 0 Å². The van der Waals surface area contributed by atoms with E-state index in [0.29, 0.717) is 31.4 Å². The molecule has 1 amide bonds. The molecule has 0 aromatic heterocycles. The number of carbonyl (C=O) groups is 2. The van der Waals surface area contributed by atoms with Crippen molar-refractivity contribution in [1.29, 1.82) is 0 Å². The molecule has 0 heterocycles. The fraction of sp³-hybridized carbons (Fsp3) is 0.594. The van der Waals surface area contributed by atoms with Crippen molar-refractivity contribution in [3.05, 3.63) is 58.2 Å². The average Bonchev–Trinajstić information content (AvgIpc) is 2.93. The van der Waals surface area contributed by atoms with Crippen molar-refractivity contribution in [3.8, 4) is 0 Å². The molecule has 39 heavy (non-hydrogen) atoms. The summed E-state index contributed by atoms with van der Waals surface area (Å²) in [6, 6.07) is 8.45. The molecule has 5 atom stereocenters. The highest BCUT2D eigenvalue weighted by atomic mass is 16.7. The van der Waals surface area contributed by atoms with E-state index in [9.17, 15) is 9.59 Å². The van der Waals surface area contributed by atoms with Gasteiger partial charge in [0.15, 0.2) is 5.78 Å². The minimum atomic E-state index is -0.563. The number of fused-ring (bicyclic) bond motifs is 4. The minimum Gasteiger partial charge on any atom is -0.382 e. The van der Waals surface area contributed by atoms with E-state index in [1.165, 1.54) is 23.1 Å². The predicted octanol–water partition coefficient (Wildman–Crippen LogP) is 6.09. The largest absolute Gasteiger partial charge is 0.433 e. The van der Waals surface area contributed by atoms with Gasteiger partial charge in [-0.25, -0.2) is 4.79 Å². The third-order valence-electron chi connectivity index (χ3n) is 10.0. The number of hydrogen-bond donors (Lipinski definition) is 1. The lowest BCUT2D eigenvalue weighted by molar-refractivity contribution is -0.203. The van der Waals surface area contributed by atoms with Crippen LogP contribution >= 0.6 is 0 Å². The molecule has 5 rings (SSSR count). The van der Waals surface area contributed by atoms with Crippen LogP contribution in [0.15, 0.2) is 52.2 Å². The van der Waals surface area contributed by atoms with Crippen LogP contribution < -0.4 is 5.32 Å². The second-order valence-electron chi connectivity index (χ2n) is 11.8. The van der Waals surface area contributed by atoms with Gasteiger partial charge in [0.25, 0.3) is 0 Å². The number of nitrogens with zero attached hydrogens (tertiary/aromatic N) is 1. The number of nitrogens with one attached hydrogen (secondary N) is 1. The lowest BCUT2D eigenvalue weighted by atomic mass is 9.45. The Hall–Kier alpha value is -2.77. The quantitative estimate of drug-likeness (QED) is 0.260. The van der Waals surface area contributed by atoms with Gasteiger partial charge in [0.2, 0.25) is 0 Å². The van der Waals surface area contributed by atoms with Crippen molar-refractivity contribution in [2.45, 2.75) is 76.7 Å². The van der Waals surface area contributed by atoms with E-state index in [1.807, 2.05) is 32.2 Å². The molecule has 0 spiro atoms. The summed E-state index contributed by atoms with van der Waals surface area (Å²) in [5.41, 5.74) is 6.06. The summed E-state index contributed by atoms with van der Waals surface area (Å²) in [6.07, 6.45) is 10.8. The first-order chi connectivity index (χ1) is 18.9. The number of methoxy groups -OCH3 is 2. The first kappa shape index (κ1) is 27.8. The number of oxime groups is 1. The van der Waals surface area contributed by atoms with Crippen LogP contribution in [-0.2, 0) is 19.1 Å². The summed E-state index contributed by atoms with van der Waals surface area (Å²) in [5, 5.41) is 6.39. The molecule has 1 aromatic carbocycles. The van der Waals surface area contributed by atoms with Gasteiger partial charge in [-0.05, 0) is 85.6 Å². The van der Waals surface area contributed by atoms with E-state index in [-0.39, 0.29) is 22.7 Å². The van der Waals surface area contributed by atoms with Crippen molar-refractivity contribution in [2.75, 3.05) is 27.4 Å². The Morgan fingerprint density at radius 3 is 2.67 bits per heavy atom. The fourth-order valence-electron chi connectivity index (χ4n) is 8.25. The van der Waals surface area contributed by atoms with Crippen LogP contribution in [0.4, 0.5) is 4.79 Å². The molecule has 0 saturated heterocycles. The fourth-order valence-corrected chi connectivity index (χ4v) is 8.25.